The maximum atomic E-state index is 2.74. The molecule has 4 heteroatoms. The summed E-state index contributed by atoms with van der Waals surface area (Å²) in [6.07, 6.45) is 4.74. The Morgan fingerprint density at radius 2 is 0.873 bits per heavy atom. The summed E-state index contributed by atoms with van der Waals surface area (Å²) in [6, 6.07) is 42.8. The van der Waals surface area contributed by atoms with Crippen LogP contribution >= 0.6 is 0 Å². The van der Waals surface area contributed by atoms with Crippen molar-refractivity contribution in [3.05, 3.63) is 142 Å². The molecule has 71 heavy (non-hydrogen) atoms. The van der Waals surface area contributed by atoms with Gasteiger partial charge >= 0.3 is 0 Å². The summed E-state index contributed by atoms with van der Waals surface area (Å²) in [7, 11) is -1.52. The number of nitrogens with zero attached hydrogens (tertiary/aromatic N) is 2. The van der Waals surface area contributed by atoms with Gasteiger partial charge in [0.15, 0.2) is 0 Å². The maximum Gasteiger partial charge on any atom is 0.252 e. The van der Waals surface area contributed by atoms with E-state index in [1.807, 2.05) is 0 Å². The average molecular weight is 957 g/mol. The second-order valence-electron chi connectivity index (χ2n) is 29.3. The zero-order valence-electron chi connectivity index (χ0n) is 47.6. The summed E-state index contributed by atoms with van der Waals surface area (Å²) in [5, 5.41) is 1.49. The second-order valence-corrected chi connectivity index (χ2v) is 34.4. The number of rotatable bonds is 4. The van der Waals surface area contributed by atoms with E-state index >= 15 is 0 Å². The van der Waals surface area contributed by atoms with E-state index in [2.05, 4.69) is 250 Å². The molecule has 0 fully saturated rings. The van der Waals surface area contributed by atoms with E-state index in [4.69, 9.17) is 0 Å². The summed E-state index contributed by atoms with van der Waals surface area (Å²) < 4.78 is 0. The molecule has 2 aliphatic carbocycles. The summed E-state index contributed by atoms with van der Waals surface area (Å²) >= 11 is 0. The molecule has 6 aromatic rings. The second kappa shape index (κ2) is 15.9. The van der Waals surface area contributed by atoms with E-state index in [9.17, 15) is 0 Å². The van der Waals surface area contributed by atoms with Crippen molar-refractivity contribution in [2.24, 2.45) is 0 Å². The van der Waals surface area contributed by atoms with Gasteiger partial charge in [-0.1, -0.05) is 197 Å². The van der Waals surface area contributed by atoms with Gasteiger partial charge in [0, 0.05) is 34.0 Å². The zero-order chi connectivity index (χ0) is 51.6. The maximum absolute atomic E-state index is 2.74. The standard InChI is InChI=1S/C67H85BN2Si/c1-61(2,3)43-23-29-55(48(35-43)42-21-26-47(27-22-42)71(18,19)20)70-56-30-24-44(62(4,5)6)36-53(56)68-54-40-51-52(67(16,17)34-33-66(51,14)15)41-57(54)69(58-37-45(63(7,8)9)38-59(70)60(58)68)46-25-28-49-50(39-46)65(12,13)32-31-64(49,10)11/h21-30,35-41H,31-34H2,1-20H3. The Kier molecular flexibility index (Phi) is 11.1. The van der Waals surface area contributed by atoms with E-state index < -0.39 is 8.07 Å². The van der Waals surface area contributed by atoms with Crippen molar-refractivity contribution in [1.82, 2.24) is 0 Å². The third-order valence-corrected chi connectivity index (χ3v) is 20.1. The van der Waals surface area contributed by atoms with Crippen LogP contribution < -0.4 is 31.4 Å². The molecule has 0 amide bonds. The van der Waals surface area contributed by atoms with E-state index in [1.165, 1.54) is 131 Å². The first-order chi connectivity index (χ1) is 32.7. The molecule has 2 heterocycles. The monoisotopic (exact) mass is 957 g/mol. The van der Waals surface area contributed by atoms with Crippen LogP contribution in [0, 0.1) is 0 Å². The van der Waals surface area contributed by atoms with Crippen LogP contribution in [-0.2, 0) is 37.9 Å². The van der Waals surface area contributed by atoms with Gasteiger partial charge in [0.2, 0.25) is 0 Å². The van der Waals surface area contributed by atoms with E-state index in [0.717, 1.165) is 0 Å². The molecule has 0 N–H and O–H groups in total. The summed E-state index contributed by atoms with van der Waals surface area (Å²) in [5.74, 6) is 0. The number of hydrogen-bond donors (Lipinski definition) is 0. The van der Waals surface area contributed by atoms with Crippen molar-refractivity contribution < 1.29 is 0 Å². The summed E-state index contributed by atoms with van der Waals surface area (Å²) in [6.45, 7) is 48.7. The number of benzene rings is 6. The third kappa shape index (κ3) is 8.20. The van der Waals surface area contributed by atoms with Crippen molar-refractivity contribution in [2.75, 3.05) is 9.80 Å². The molecule has 0 spiro atoms. The highest BCUT2D eigenvalue weighted by molar-refractivity contribution is 7.00. The molecule has 0 saturated heterocycles. The van der Waals surface area contributed by atoms with Gasteiger partial charge in [0.05, 0.1) is 13.8 Å². The molecule has 4 aliphatic rings. The minimum Gasteiger partial charge on any atom is -0.311 e. The van der Waals surface area contributed by atoms with Crippen LogP contribution in [-0.4, -0.2) is 14.8 Å². The molecule has 0 aromatic heterocycles. The Balaban J connectivity index is 1.36. The van der Waals surface area contributed by atoms with Gasteiger partial charge in [-0.2, -0.15) is 0 Å². The normalized spacial score (nSPS) is 18.6. The van der Waals surface area contributed by atoms with Gasteiger partial charge in [-0.05, 0) is 173 Å². The molecule has 2 aliphatic heterocycles. The van der Waals surface area contributed by atoms with E-state index in [1.54, 1.807) is 0 Å². The Bertz CT molecular complexity index is 3130. The van der Waals surface area contributed by atoms with E-state index in [-0.39, 0.29) is 44.6 Å². The zero-order valence-corrected chi connectivity index (χ0v) is 48.6. The molecule has 0 bridgehead atoms. The molecular weight excluding hydrogens is 872 g/mol. The predicted molar refractivity (Wildman–Crippen MR) is 316 cm³/mol. The van der Waals surface area contributed by atoms with Crippen molar-refractivity contribution in [3.8, 4) is 11.1 Å². The van der Waals surface area contributed by atoms with Crippen molar-refractivity contribution in [3.63, 3.8) is 0 Å². The number of fused-ring (bicyclic) bond motifs is 6. The average Bonchev–Trinajstić information content (AvgIpc) is 3.27. The smallest absolute Gasteiger partial charge is 0.252 e. The highest BCUT2D eigenvalue weighted by atomic mass is 28.3. The molecule has 2 nitrogen and oxygen atoms in total. The summed E-state index contributed by atoms with van der Waals surface area (Å²) in [5.41, 5.74) is 24.8. The topological polar surface area (TPSA) is 6.48 Å². The quantitative estimate of drug-likeness (QED) is 0.162. The first-order valence-corrected chi connectivity index (χ1v) is 30.7. The van der Waals surface area contributed by atoms with Crippen LogP contribution in [0.1, 0.15) is 182 Å². The lowest BCUT2D eigenvalue weighted by molar-refractivity contribution is 0.332. The number of hydrogen-bond acceptors (Lipinski definition) is 2. The predicted octanol–water partition coefficient (Wildman–Crippen LogP) is 16.6. The van der Waals surface area contributed by atoms with Crippen LogP contribution in [0.25, 0.3) is 11.1 Å². The minimum absolute atomic E-state index is 0.0201. The summed E-state index contributed by atoms with van der Waals surface area (Å²) in [4.78, 5) is 5.44. The molecule has 0 atom stereocenters. The van der Waals surface area contributed by atoms with Gasteiger partial charge in [0.25, 0.3) is 6.71 Å². The molecule has 10 rings (SSSR count). The molecule has 0 saturated carbocycles. The van der Waals surface area contributed by atoms with Gasteiger partial charge in [-0.25, -0.2) is 0 Å². The van der Waals surface area contributed by atoms with Crippen molar-refractivity contribution >= 4 is 70.5 Å². The van der Waals surface area contributed by atoms with Crippen molar-refractivity contribution in [2.45, 2.75) is 201 Å². The van der Waals surface area contributed by atoms with Gasteiger partial charge in [0.1, 0.15) is 0 Å². The van der Waals surface area contributed by atoms with Crippen LogP contribution in [0.15, 0.2) is 103 Å². The Hall–Kier alpha value is -4.80. The highest BCUT2D eigenvalue weighted by Gasteiger charge is 2.48. The lowest BCUT2D eigenvalue weighted by atomic mass is 9.32. The molecule has 0 unspecified atom stereocenters. The van der Waals surface area contributed by atoms with Crippen LogP contribution in [0.5, 0.6) is 0 Å². The molecule has 370 valence electrons. The van der Waals surface area contributed by atoms with Crippen molar-refractivity contribution in [1.29, 1.82) is 0 Å². The molecule has 0 radical (unpaired) electrons. The SMILES string of the molecule is CC(C)(C)c1ccc2c(c1)B1c3cc4c(cc3N(c3ccc5c(c3)C(C)(C)CCC5(C)C)c3cc(C(C)(C)C)cc(c31)N2c1ccc(C(C)(C)C)cc1-c1ccc([Si](C)(C)C)cc1)C(C)(C)CCC4(C)C. The van der Waals surface area contributed by atoms with Gasteiger partial charge < -0.3 is 9.80 Å². The molecular formula is C67H85BN2Si. The van der Waals surface area contributed by atoms with Crippen LogP contribution in [0.2, 0.25) is 19.6 Å². The largest absolute Gasteiger partial charge is 0.311 e. The van der Waals surface area contributed by atoms with Crippen LogP contribution in [0.3, 0.4) is 0 Å². The Morgan fingerprint density at radius 1 is 0.408 bits per heavy atom. The Labute approximate surface area is 432 Å². The fourth-order valence-corrected chi connectivity index (χ4v) is 14.0. The number of anilines is 6. The van der Waals surface area contributed by atoms with Gasteiger partial charge in [-0.15, -0.1) is 0 Å². The van der Waals surface area contributed by atoms with Crippen LogP contribution in [0.4, 0.5) is 34.1 Å². The lowest BCUT2D eigenvalue weighted by Crippen LogP contribution is -2.62. The minimum atomic E-state index is -1.52. The first-order valence-electron chi connectivity index (χ1n) is 27.2. The van der Waals surface area contributed by atoms with E-state index in [0.29, 0.717) is 0 Å². The van der Waals surface area contributed by atoms with Gasteiger partial charge in [-0.3, -0.25) is 0 Å². The first kappa shape index (κ1) is 49.8. The fraction of sp³-hybridized carbons (Fsp3) is 0.463. The highest BCUT2D eigenvalue weighted by Crippen LogP contribution is 2.54. The fourth-order valence-electron chi connectivity index (χ4n) is 12.8. The lowest BCUT2D eigenvalue weighted by Gasteiger charge is -2.48. The molecule has 6 aromatic carbocycles. The third-order valence-electron chi connectivity index (χ3n) is 18.0. The Morgan fingerprint density at radius 3 is 1.41 bits per heavy atom.